The predicted octanol–water partition coefficient (Wildman–Crippen LogP) is 7.00. The highest BCUT2D eigenvalue weighted by Crippen LogP contribution is 2.50. The quantitative estimate of drug-likeness (QED) is 0.489. The molecule has 1 atom stereocenters. The van der Waals surface area contributed by atoms with E-state index in [4.69, 9.17) is 0 Å². The number of carbonyl (C=O) groups excluding carboxylic acids is 1. The first-order valence-electron chi connectivity index (χ1n) is 11.8. The Hall–Kier alpha value is -3.07. The number of hydrogen-bond acceptors (Lipinski definition) is 3. The second kappa shape index (κ2) is 7.81. The van der Waals surface area contributed by atoms with Crippen LogP contribution in [-0.2, 0) is 4.79 Å². The van der Waals surface area contributed by atoms with E-state index in [-0.39, 0.29) is 17.2 Å². The maximum absolute atomic E-state index is 13.4. The van der Waals surface area contributed by atoms with Crippen LogP contribution in [0.5, 0.6) is 0 Å². The lowest BCUT2D eigenvalue weighted by Crippen LogP contribution is -2.32. The summed E-state index contributed by atoms with van der Waals surface area (Å²) in [5, 5.41) is 6.19. The van der Waals surface area contributed by atoms with Crippen LogP contribution in [0.1, 0.15) is 57.7 Å². The molecule has 1 unspecified atom stereocenters. The van der Waals surface area contributed by atoms with Crippen LogP contribution < -0.4 is 10.2 Å². The summed E-state index contributed by atoms with van der Waals surface area (Å²) in [6.45, 7) is 10.8. The van der Waals surface area contributed by atoms with Crippen LogP contribution in [0.2, 0.25) is 0 Å². The number of nitrogens with zero attached hydrogens (tertiary/aromatic N) is 1. The van der Waals surface area contributed by atoms with Gasteiger partial charge in [-0.15, -0.1) is 0 Å². The minimum absolute atomic E-state index is 0.0212. The number of Topliss-reactive ketones (excluding diaryl/α,β-unsaturated/α-hetero) is 1. The fraction of sp³-hybridized carbons (Fsp3) is 0.345. The molecule has 3 aromatic carbocycles. The molecule has 2 aliphatic rings. The molecule has 0 amide bonds. The van der Waals surface area contributed by atoms with Gasteiger partial charge in [0.25, 0.3) is 0 Å². The van der Waals surface area contributed by atoms with Crippen molar-refractivity contribution in [2.75, 3.05) is 23.3 Å². The van der Waals surface area contributed by atoms with E-state index in [0.717, 1.165) is 36.3 Å². The number of ketones is 1. The van der Waals surface area contributed by atoms with Gasteiger partial charge in [-0.3, -0.25) is 4.79 Å². The summed E-state index contributed by atoms with van der Waals surface area (Å²) in [5.41, 5.74) is 6.76. The Labute approximate surface area is 191 Å². The number of nitrogens with one attached hydrogen (secondary N) is 1. The lowest BCUT2D eigenvalue weighted by Gasteiger charge is -2.40. The Morgan fingerprint density at radius 1 is 0.938 bits per heavy atom. The molecule has 164 valence electrons. The van der Waals surface area contributed by atoms with Crippen molar-refractivity contribution < 1.29 is 4.79 Å². The number of rotatable bonds is 4. The lowest BCUT2D eigenvalue weighted by atomic mass is 9.68. The second-order valence-corrected chi connectivity index (χ2v) is 9.93. The maximum Gasteiger partial charge on any atom is 0.164 e. The van der Waals surface area contributed by atoms with Gasteiger partial charge in [0, 0.05) is 42.0 Å². The minimum Gasteiger partial charge on any atom is -0.374 e. The highest BCUT2D eigenvalue weighted by atomic mass is 16.1. The van der Waals surface area contributed by atoms with E-state index >= 15 is 0 Å². The molecule has 1 N–H and O–H groups in total. The van der Waals surface area contributed by atoms with Crippen molar-refractivity contribution in [3.05, 3.63) is 77.4 Å². The standard InChI is InChI=1S/C29H32N2O/c1-5-31(6-2)22-13-11-19(12-14-22)28-24-17-29(3,4)18-26(32)27(24)23-15-20-9-7-8-10-21(20)16-25(23)30-28/h7-16,28,30H,5-6,17-18H2,1-4H3. The van der Waals surface area contributed by atoms with Gasteiger partial charge in [0.05, 0.1) is 6.04 Å². The lowest BCUT2D eigenvalue weighted by molar-refractivity contribution is -0.116. The Kier molecular flexibility index (Phi) is 5.08. The van der Waals surface area contributed by atoms with E-state index in [1.165, 1.54) is 27.6 Å². The molecule has 32 heavy (non-hydrogen) atoms. The predicted molar refractivity (Wildman–Crippen MR) is 135 cm³/mol. The van der Waals surface area contributed by atoms with Crippen LogP contribution in [0.25, 0.3) is 16.3 Å². The van der Waals surface area contributed by atoms with Crippen molar-refractivity contribution in [2.45, 2.75) is 46.6 Å². The third-order valence-electron chi connectivity index (χ3n) is 7.07. The number of fused-ring (bicyclic) bond motifs is 3. The average Bonchev–Trinajstić information content (AvgIpc) is 2.77. The van der Waals surface area contributed by atoms with E-state index in [1.807, 2.05) is 0 Å². The zero-order valence-corrected chi connectivity index (χ0v) is 19.5. The molecule has 0 bridgehead atoms. The zero-order chi connectivity index (χ0) is 22.5. The Balaban J connectivity index is 1.65. The molecule has 1 aliphatic heterocycles. The van der Waals surface area contributed by atoms with E-state index in [1.54, 1.807) is 0 Å². The monoisotopic (exact) mass is 424 g/mol. The smallest absolute Gasteiger partial charge is 0.164 e. The number of carbonyl (C=O) groups is 1. The van der Waals surface area contributed by atoms with E-state index in [0.29, 0.717) is 6.42 Å². The molecule has 0 saturated heterocycles. The largest absolute Gasteiger partial charge is 0.374 e. The third-order valence-corrected chi connectivity index (χ3v) is 7.07. The van der Waals surface area contributed by atoms with Crippen LogP contribution in [0.4, 0.5) is 11.4 Å². The van der Waals surface area contributed by atoms with Gasteiger partial charge in [-0.05, 0) is 71.9 Å². The van der Waals surface area contributed by atoms with Gasteiger partial charge in [-0.2, -0.15) is 0 Å². The molecular formula is C29H32N2O. The van der Waals surface area contributed by atoms with Gasteiger partial charge in [-0.1, -0.05) is 50.2 Å². The summed E-state index contributed by atoms with van der Waals surface area (Å²) in [7, 11) is 0. The Morgan fingerprint density at radius 3 is 2.25 bits per heavy atom. The molecule has 3 aromatic rings. The Bertz CT molecular complexity index is 1220. The summed E-state index contributed by atoms with van der Waals surface area (Å²) in [5.74, 6) is 0.277. The van der Waals surface area contributed by atoms with E-state index in [9.17, 15) is 4.79 Å². The normalized spacial score (nSPS) is 19.4. The molecule has 1 heterocycles. The molecule has 0 aromatic heterocycles. The van der Waals surface area contributed by atoms with Crippen molar-refractivity contribution in [2.24, 2.45) is 5.41 Å². The van der Waals surface area contributed by atoms with Crippen molar-refractivity contribution in [1.29, 1.82) is 0 Å². The molecule has 1 aliphatic carbocycles. The SMILES string of the molecule is CCN(CC)c1ccc(C2Nc3cc4ccccc4cc3C3=C2CC(C)(C)CC3=O)cc1. The topological polar surface area (TPSA) is 32.3 Å². The molecule has 3 heteroatoms. The fourth-order valence-electron chi connectivity index (χ4n) is 5.50. The summed E-state index contributed by atoms with van der Waals surface area (Å²) < 4.78 is 0. The van der Waals surface area contributed by atoms with Crippen LogP contribution >= 0.6 is 0 Å². The van der Waals surface area contributed by atoms with Gasteiger partial charge in [0.15, 0.2) is 5.78 Å². The van der Waals surface area contributed by atoms with Crippen LogP contribution in [0.3, 0.4) is 0 Å². The van der Waals surface area contributed by atoms with Crippen LogP contribution in [-0.4, -0.2) is 18.9 Å². The highest BCUT2D eigenvalue weighted by Gasteiger charge is 2.40. The summed E-state index contributed by atoms with van der Waals surface area (Å²) in [4.78, 5) is 15.8. The molecule has 0 fully saturated rings. The maximum atomic E-state index is 13.4. The second-order valence-electron chi connectivity index (χ2n) is 9.93. The van der Waals surface area contributed by atoms with Crippen molar-refractivity contribution >= 4 is 33.5 Å². The number of benzene rings is 3. The summed E-state index contributed by atoms with van der Waals surface area (Å²) in [6.07, 6.45) is 1.53. The Morgan fingerprint density at radius 2 is 1.59 bits per heavy atom. The van der Waals surface area contributed by atoms with Crippen molar-refractivity contribution in [1.82, 2.24) is 0 Å². The van der Waals surface area contributed by atoms with Crippen LogP contribution in [0.15, 0.2) is 66.2 Å². The summed E-state index contributed by atoms with van der Waals surface area (Å²) in [6, 6.07) is 21.7. The van der Waals surface area contributed by atoms with Gasteiger partial charge in [0.1, 0.15) is 0 Å². The molecule has 5 rings (SSSR count). The third kappa shape index (κ3) is 3.50. The fourth-order valence-corrected chi connectivity index (χ4v) is 5.50. The van der Waals surface area contributed by atoms with E-state index < -0.39 is 0 Å². The molecule has 0 saturated carbocycles. The first-order valence-corrected chi connectivity index (χ1v) is 11.8. The molecular weight excluding hydrogens is 392 g/mol. The number of allylic oxidation sites excluding steroid dienone is 1. The molecule has 0 spiro atoms. The van der Waals surface area contributed by atoms with Crippen molar-refractivity contribution in [3.63, 3.8) is 0 Å². The average molecular weight is 425 g/mol. The van der Waals surface area contributed by atoms with Gasteiger partial charge in [0.2, 0.25) is 0 Å². The first-order chi connectivity index (χ1) is 15.4. The first kappa shape index (κ1) is 20.8. The minimum atomic E-state index is -0.0225. The van der Waals surface area contributed by atoms with Crippen LogP contribution in [0, 0.1) is 5.41 Å². The molecule has 3 nitrogen and oxygen atoms in total. The van der Waals surface area contributed by atoms with Gasteiger partial charge < -0.3 is 10.2 Å². The zero-order valence-electron chi connectivity index (χ0n) is 19.5. The highest BCUT2D eigenvalue weighted by molar-refractivity contribution is 6.25. The molecule has 0 radical (unpaired) electrons. The van der Waals surface area contributed by atoms with Gasteiger partial charge >= 0.3 is 0 Å². The number of anilines is 2. The van der Waals surface area contributed by atoms with Crippen molar-refractivity contribution in [3.8, 4) is 0 Å². The van der Waals surface area contributed by atoms with E-state index in [2.05, 4.69) is 98.6 Å². The van der Waals surface area contributed by atoms with Gasteiger partial charge in [-0.25, -0.2) is 0 Å². The summed E-state index contributed by atoms with van der Waals surface area (Å²) >= 11 is 0. The number of hydrogen-bond donors (Lipinski definition) is 1.